The van der Waals surface area contributed by atoms with Crippen molar-refractivity contribution in [3.8, 4) is 0 Å². The second kappa shape index (κ2) is 8.69. The van der Waals surface area contributed by atoms with Crippen LogP contribution in [0.25, 0.3) is 0 Å². The highest BCUT2D eigenvalue weighted by Crippen LogP contribution is 2.29. The molecule has 0 fully saturated rings. The highest BCUT2D eigenvalue weighted by molar-refractivity contribution is 7.18. The Morgan fingerprint density at radius 2 is 1.76 bits per heavy atom. The van der Waals surface area contributed by atoms with Gasteiger partial charge in [-0.3, -0.25) is 9.59 Å². The summed E-state index contributed by atoms with van der Waals surface area (Å²) in [7, 11) is 0. The van der Waals surface area contributed by atoms with Crippen LogP contribution < -0.4 is 10.6 Å². The number of thiophene rings is 1. The number of ether oxygens (including phenoxy) is 1. The number of nitrogens with one attached hydrogen (secondary N) is 2. The highest BCUT2D eigenvalue weighted by atomic mass is 32.1. The molecule has 2 N–H and O–H groups in total. The summed E-state index contributed by atoms with van der Waals surface area (Å²) in [5, 5.41) is 5.47. The summed E-state index contributed by atoms with van der Waals surface area (Å²) in [6.07, 6.45) is -1.22. The van der Waals surface area contributed by atoms with Crippen molar-refractivity contribution in [2.45, 2.75) is 40.7 Å². The van der Waals surface area contributed by atoms with Crippen molar-refractivity contribution in [2.24, 2.45) is 5.41 Å². The van der Waals surface area contributed by atoms with Gasteiger partial charge < -0.3 is 15.4 Å². The number of aryl methyl sites for hydroxylation is 1. The average Bonchev–Trinajstić information content (AvgIpc) is 2.96. The first-order valence-corrected chi connectivity index (χ1v) is 9.59. The van der Waals surface area contributed by atoms with E-state index in [2.05, 4.69) is 10.6 Å². The molecule has 0 radical (unpaired) electrons. The van der Waals surface area contributed by atoms with E-state index in [4.69, 9.17) is 4.74 Å². The number of rotatable bonds is 5. The standard InChI is InChI=1S/C20H22F2N2O4S/c1-10-8-15(24-19(27)20(3,4)5)29-16(10)18(26)28-11(2)17(25)23-14-7-6-12(21)9-13(14)22/h6-9,11H,1-5H3,(H,23,25)(H,24,27). The van der Waals surface area contributed by atoms with E-state index >= 15 is 0 Å². The molecule has 2 rings (SSSR count). The molecule has 0 aliphatic carbocycles. The molecule has 0 aliphatic rings. The molecule has 1 unspecified atom stereocenters. The molecule has 1 atom stereocenters. The number of hydrogen-bond donors (Lipinski definition) is 2. The minimum Gasteiger partial charge on any atom is -0.448 e. The van der Waals surface area contributed by atoms with Crippen LogP contribution >= 0.6 is 11.3 Å². The van der Waals surface area contributed by atoms with Crippen molar-refractivity contribution in [3.63, 3.8) is 0 Å². The minimum absolute atomic E-state index is 0.201. The van der Waals surface area contributed by atoms with Gasteiger partial charge in [0.25, 0.3) is 5.91 Å². The molecule has 0 saturated carbocycles. The van der Waals surface area contributed by atoms with E-state index in [-0.39, 0.29) is 16.5 Å². The maximum absolute atomic E-state index is 13.7. The third-order valence-electron chi connectivity index (χ3n) is 3.86. The van der Waals surface area contributed by atoms with E-state index < -0.39 is 35.0 Å². The SMILES string of the molecule is Cc1cc(NC(=O)C(C)(C)C)sc1C(=O)OC(C)C(=O)Nc1ccc(F)cc1F. The second-order valence-electron chi connectivity index (χ2n) is 7.49. The lowest BCUT2D eigenvalue weighted by Crippen LogP contribution is -2.30. The average molecular weight is 424 g/mol. The van der Waals surface area contributed by atoms with Gasteiger partial charge in [-0.2, -0.15) is 0 Å². The van der Waals surface area contributed by atoms with Gasteiger partial charge in [0, 0.05) is 11.5 Å². The van der Waals surface area contributed by atoms with Crippen LogP contribution in [0.15, 0.2) is 24.3 Å². The van der Waals surface area contributed by atoms with Crippen LogP contribution in [0.2, 0.25) is 0 Å². The summed E-state index contributed by atoms with van der Waals surface area (Å²) >= 11 is 1.03. The Labute approximate surface area is 171 Å². The molecule has 2 amide bonds. The number of halogens is 2. The number of hydrogen-bond acceptors (Lipinski definition) is 5. The van der Waals surface area contributed by atoms with E-state index in [1.54, 1.807) is 33.8 Å². The number of esters is 1. The van der Waals surface area contributed by atoms with E-state index in [0.717, 1.165) is 23.5 Å². The monoisotopic (exact) mass is 424 g/mol. The van der Waals surface area contributed by atoms with Crippen molar-refractivity contribution in [2.75, 3.05) is 10.6 Å². The Hall–Kier alpha value is -2.81. The molecular formula is C20H22F2N2O4S. The first-order chi connectivity index (χ1) is 13.4. The van der Waals surface area contributed by atoms with Crippen molar-refractivity contribution in [1.29, 1.82) is 0 Å². The lowest BCUT2D eigenvalue weighted by Gasteiger charge is -2.16. The molecular weight excluding hydrogens is 402 g/mol. The molecule has 0 saturated heterocycles. The summed E-state index contributed by atoms with van der Waals surface area (Å²) in [6.45, 7) is 8.31. The first kappa shape index (κ1) is 22.5. The van der Waals surface area contributed by atoms with E-state index in [0.29, 0.717) is 16.6 Å². The van der Waals surface area contributed by atoms with Gasteiger partial charge >= 0.3 is 5.97 Å². The lowest BCUT2D eigenvalue weighted by molar-refractivity contribution is -0.124. The van der Waals surface area contributed by atoms with Gasteiger partial charge in [0.05, 0.1) is 10.7 Å². The van der Waals surface area contributed by atoms with Crippen LogP contribution in [0.3, 0.4) is 0 Å². The zero-order chi connectivity index (χ0) is 21.9. The molecule has 29 heavy (non-hydrogen) atoms. The Bertz CT molecular complexity index is 950. The van der Waals surface area contributed by atoms with Gasteiger partial charge in [0.1, 0.15) is 16.5 Å². The molecule has 0 spiro atoms. The summed E-state index contributed by atoms with van der Waals surface area (Å²) < 4.78 is 31.7. The number of benzene rings is 1. The van der Waals surface area contributed by atoms with Crippen molar-refractivity contribution in [3.05, 3.63) is 46.3 Å². The Morgan fingerprint density at radius 3 is 2.34 bits per heavy atom. The molecule has 9 heteroatoms. The quantitative estimate of drug-likeness (QED) is 0.692. The van der Waals surface area contributed by atoms with Gasteiger partial charge in [0.2, 0.25) is 5.91 Å². The van der Waals surface area contributed by atoms with Crippen molar-refractivity contribution >= 4 is 39.8 Å². The molecule has 1 aromatic heterocycles. The predicted octanol–water partition coefficient (Wildman–Crippen LogP) is 4.50. The van der Waals surface area contributed by atoms with Gasteiger partial charge in [0.15, 0.2) is 6.10 Å². The predicted molar refractivity (Wildman–Crippen MR) is 107 cm³/mol. The van der Waals surface area contributed by atoms with Gasteiger partial charge in [-0.1, -0.05) is 20.8 Å². The van der Waals surface area contributed by atoms with Crippen LogP contribution in [0.4, 0.5) is 19.5 Å². The van der Waals surface area contributed by atoms with E-state index in [1.165, 1.54) is 6.92 Å². The summed E-state index contributed by atoms with van der Waals surface area (Å²) in [4.78, 5) is 36.9. The van der Waals surface area contributed by atoms with Crippen LogP contribution in [-0.2, 0) is 14.3 Å². The van der Waals surface area contributed by atoms with E-state index in [1.807, 2.05) is 0 Å². The maximum atomic E-state index is 13.7. The number of anilines is 2. The highest BCUT2D eigenvalue weighted by Gasteiger charge is 2.25. The molecule has 156 valence electrons. The van der Waals surface area contributed by atoms with Crippen LogP contribution in [-0.4, -0.2) is 23.9 Å². The Balaban J connectivity index is 2.03. The van der Waals surface area contributed by atoms with Crippen LogP contribution in [0.1, 0.15) is 42.9 Å². The first-order valence-electron chi connectivity index (χ1n) is 8.77. The normalized spacial score (nSPS) is 12.2. The van der Waals surface area contributed by atoms with Gasteiger partial charge in [-0.05, 0) is 37.6 Å². The molecule has 1 heterocycles. The Kier molecular flexibility index (Phi) is 6.73. The van der Waals surface area contributed by atoms with Crippen molar-refractivity contribution < 1.29 is 27.9 Å². The smallest absolute Gasteiger partial charge is 0.349 e. The zero-order valence-electron chi connectivity index (χ0n) is 16.7. The summed E-state index contributed by atoms with van der Waals surface area (Å²) in [5.74, 6) is -3.43. The molecule has 1 aromatic carbocycles. The van der Waals surface area contributed by atoms with Crippen LogP contribution in [0, 0.1) is 24.0 Å². The third-order valence-corrected chi connectivity index (χ3v) is 5.00. The number of amides is 2. The maximum Gasteiger partial charge on any atom is 0.349 e. The third kappa shape index (κ3) is 5.83. The van der Waals surface area contributed by atoms with Crippen molar-refractivity contribution in [1.82, 2.24) is 0 Å². The lowest BCUT2D eigenvalue weighted by atomic mass is 9.96. The van der Waals surface area contributed by atoms with Gasteiger partial charge in [-0.25, -0.2) is 13.6 Å². The molecule has 6 nitrogen and oxygen atoms in total. The molecule has 0 bridgehead atoms. The fourth-order valence-corrected chi connectivity index (χ4v) is 3.09. The number of carbonyl (C=O) groups is 3. The summed E-state index contributed by atoms with van der Waals surface area (Å²) in [5.41, 5.74) is -0.235. The summed E-state index contributed by atoms with van der Waals surface area (Å²) in [6, 6.07) is 4.35. The minimum atomic E-state index is -1.22. The number of carbonyl (C=O) groups excluding carboxylic acids is 3. The molecule has 2 aromatic rings. The topological polar surface area (TPSA) is 84.5 Å². The van der Waals surface area contributed by atoms with Gasteiger partial charge in [-0.15, -0.1) is 11.3 Å². The van der Waals surface area contributed by atoms with Crippen LogP contribution in [0.5, 0.6) is 0 Å². The molecule has 0 aliphatic heterocycles. The Morgan fingerprint density at radius 1 is 1.10 bits per heavy atom. The zero-order valence-corrected chi connectivity index (χ0v) is 17.5. The fraction of sp³-hybridized carbons (Fsp3) is 0.350. The second-order valence-corrected chi connectivity index (χ2v) is 8.54. The van der Waals surface area contributed by atoms with E-state index in [9.17, 15) is 23.2 Å². The largest absolute Gasteiger partial charge is 0.448 e. The fourth-order valence-electron chi connectivity index (χ4n) is 2.14.